The standard InChI is InChI=1S/C24H22N2O3/c1-16-4-3-5-20(14-16)28-13-12-23(27)25-19-9-7-18(8-10-19)24-26-21-15-17(2)6-11-22(21)29-24/h3-11,14-15H,12-13H2,1-2H3,(H,25,27). The van der Waals surface area contributed by atoms with Crippen LogP contribution in [0.2, 0.25) is 0 Å². The minimum absolute atomic E-state index is 0.0947. The SMILES string of the molecule is Cc1cccc(OCCC(=O)Nc2ccc(-c3nc4cc(C)ccc4o3)cc2)c1. The van der Waals surface area contributed by atoms with E-state index in [1.807, 2.05) is 80.6 Å². The Morgan fingerprint density at radius 2 is 1.79 bits per heavy atom. The number of hydrogen-bond donors (Lipinski definition) is 1. The molecule has 1 aromatic heterocycles. The van der Waals surface area contributed by atoms with Gasteiger partial charge in [0.15, 0.2) is 5.58 Å². The zero-order valence-electron chi connectivity index (χ0n) is 16.4. The molecule has 29 heavy (non-hydrogen) atoms. The average molecular weight is 386 g/mol. The average Bonchev–Trinajstić information content (AvgIpc) is 3.12. The number of amides is 1. The zero-order valence-corrected chi connectivity index (χ0v) is 16.4. The van der Waals surface area contributed by atoms with Crippen LogP contribution < -0.4 is 10.1 Å². The van der Waals surface area contributed by atoms with Gasteiger partial charge in [0, 0.05) is 11.3 Å². The first-order chi connectivity index (χ1) is 14.1. The fourth-order valence-electron chi connectivity index (χ4n) is 3.05. The number of nitrogens with one attached hydrogen (secondary N) is 1. The highest BCUT2D eigenvalue weighted by Crippen LogP contribution is 2.26. The highest BCUT2D eigenvalue weighted by atomic mass is 16.5. The number of anilines is 1. The number of hydrogen-bond acceptors (Lipinski definition) is 4. The maximum absolute atomic E-state index is 12.2. The Bertz CT molecular complexity index is 1150. The number of fused-ring (bicyclic) bond motifs is 1. The number of carbonyl (C=O) groups is 1. The van der Waals surface area contributed by atoms with Crippen molar-refractivity contribution in [2.75, 3.05) is 11.9 Å². The van der Waals surface area contributed by atoms with Gasteiger partial charge in [0.2, 0.25) is 11.8 Å². The molecule has 0 radical (unpaired) electrons. The maximum Gasteiger partial charge on any atom is 0.227 e. The van der Waals surface area contributed by atoms with Crippen LogP contribution >= 0.6 is 0 Å². The summed E-state index contributed by atoms with van der Waals surface area (Å²) in [6.07, 6.45) is 0.278. The summed E-state index contributed by atoms with van der Waals surface area (Å²) >= 11 is 0. The van der Waals surface area contributed by atoms with Crippen molar-refractivity contribution >= 4 is 22.7 Å². The van der Waals surface area contributed by atoms with E-state index in [0.717, 1.165) is 39.2 Å². The summed E-state index contributed by atoms with van der Waals surface area (Å²) in [7, 11) is 0. The molecule has 146 valence electrons. The van der Waals surface area contributed by atoms with Gasteiger partial charge in [-0.2, -0.15) is 0 Å². The fourth-order valence-corrected chi connectivity index (χ4v) is 3.05. The normalized spacial score (nSPS) is 10.8. The molecule has 0 aliphatic carbocycles. The second-order valence-corrected chi connectivity index (χ2v) is 7.03. The molecule has 0 saturated carbocycles. The second kappa shape index (κ2) is 8.19. The van der Waals surface area contributed by atoms with Gasteiger partial charge in [-0.05, 0) is 73.5 Å². The van der Waals surface area contributed by atoms with Crippen LogP contribution in [0.3, 0.4) is 0 Å². The second-order valence-electron chi connectivity index (χ2n) is 7.03. The third-order valence-electron chi connectivity index (χ3n) is 4.55. The van der Waals surface area contributed by atoms with E-state index < -0.39 is 0 Å². The highest BCUT2D eigenvalue weighted by Gasteiger charge is 2.09. The van der Waals surface area contributed by atoms with E-state index in [-0.39, 0.29) is 12.3 Å². The topological polar surface area (TPSA) is 64.4 Å². The first-order valence-corrected chi connectivity index (χ1v) is 9.54. The van der Waals surface area contributed by atoms with Crippen molar-refractivity contribution in [2.24, 2.45) is 0 Å². The third kappa shape index (κ3) is 4.63. The van der Waals surface area contributed by atoms with Gasteiger partial charge in [-0.15, -0.1) is 0 Å². The number of aromatic nitrogens is 1. The summed E-state index contributed by atoms with van der Waals surface area (Å²) in [5.74, 6) is 1.24. The molecule has 3 aromatic carbocycles. The molecule has 0 atom stereocenters. The molecule has 0 spiro atoms. The molecule has 0 aliphatic rings. The molecule has 4 aromatic rings. The minimum atomic E-state index is -0.0947. The summed E-state index contributed by atoms with van der Waals surface area (Å²) < 4.78 is 11.4. The molecule has 5 nitrogen and oxygen atoms in total. The maximum atomic E-state index is 12.2. The molecule has 0 fully saturated rings. The molecule has 5 heteroatoms. The van der Waals surface area contributed by atoms with Crippen molar-refractivity contribution in [3.63, 3.8) is 0 Å². The molecule has 0 saturated heterocycles. The van der Waals surface area contributed by atoms with Crippen LogP contribution in [-0.4, -0.2) is 17.5 Å². The van der Waals surface area contributed by atoms with Crippen molar-refractivity contribution in [2.45, 2.75) is 20.3 Å². The molecule has 0 bridgehead atoms. The number of ether oxygens (including phenoxy) is 1. The summed E-state index contributed by atoms with van der Waals surface area (Å²) in [5, 5.41) is 2.88. The molecule has 0 unspecified atom stereocenters. The van der Waals surface area contributed by atoms with Gasteiger partial charge >= 0.3 is 0 Å². The van der Waals surface area contributed by atoms with Crippen LogP contribution in [0.5, 0.6) is 5.75 Å². The van der Waals surface area contributed by atoms with E-state index in [2.05, 4.69) is 10.3 Å². The van der Waals surface area contributed by atoms with Gasteiger partial charge in [-0.3, -0.25) is 4.79 Å². The lowest BCUT2D eigenvalue weighted by molar-refractivity contribution is -0.116. The first kappa shape index (κ1) is 18.7. The van der Waals surface area contributed by atoms with Crippen molar-refractivity contribution in [3.05, 3.63) is 77.9 Å². The molecule has 1 N–H and O–H groups in total. The third-order valence-corrected chi connectivity index (χ3v) is 4.55. The Labute approximate surface area is 169 Å². The van der Waals surface area contributed by atoms with E-state index in [4.69, 9.17) is 9.15 Å². The van der Waals surface area contributed by atoms with Crippen molar-refractivity contribution < 1.29 is 13.9 Å². The van der Waals surface area contributed by atoms with Gasteiger partial charge in [0.1, 0.15) is 11.3 Å². The lowest BCUT2D eigenvalue weighted by atomic mass is 10.2. The predicted molar refractivity (Wildman–Crippen MR) is 114 cm³/mol. The molecule has 0 aliphatic heterocycles. The van der Waals surface area contributed by atoms with Gasteiger partial charge in [-0.1, -0.05) is 18.2 Å². The van der Waals surface area contributed by atoms with Crippen LogP contribution in [0.1, 0.15) is 17.5 Å². The lowest BCUT2D eigenvalue weighted by Crippen LogP contribution is -2.15. The van der Waals surface area contributed by atoms with Crippen LogP contribution in [-0.2, 0) is 4.79 Å². The smallest absolute Gasteiger partial charge is 0.227 e. The fraction of sp³-hybridized carbons (Fsp3) is 0.167. The Morgan fingerprint density at radius 1 is 1.00 bits per heavy atom. The highest BCUT2D eigenvalue weighted by molar-refractivity contribution is 5.91. The molecule has 4 rings (SSSR count). The molecular weight excluding hydrogens is 364 g/mol. The number of aryl methyl sites for hydroxylation is 2. The summed E-state index contributed by atoms with van der Waals surface area (Å²) in [6.45, 7) is 4.36. The minimum Gasteiger partial charge on any atom is -0.493 e. The first-order valence-electron chi connectivity index (χ1n) is 9.54. The largest absolute Gasteiger partial charge is 0.493 e. The Hall–Kier alpha value is -3.60. The number of carbonyl (C=O) groups excluding carboxylic acids is 1. The lowest BCUT2D eigenvalue weighted by Gasteiger charge is -2.08. The molecular formula is C24H22N2O3. The summed E-state index contributed by atoms with van der Waals surface area (Å²) in [6, 6.07) is 21.1. The van der Waals surface area contributed by atoms with Gasteiger partial charge < -0.3 is 14.5 Å². The van der Waals surface area contributed by atoms with Crippen molar-refractivity contribution in [1.29, 1.82) is 0 Å². The van der Waals surface area contributed by atoms with Crippen molar-refractivity contribution in [3.8, 4) is 17.2 Å². The van der Waals surface area contributed by atoms with E-state index in [1.54, 1.807) is 0 Å². The number of benzene rings is 3. The number of rotatable bonds is 6. The Kier molecular flexibility index (Phi) is 5.29. The van der Waals surface area contributed by atoms with Crippen LogP contribution in [0.15, 0.2) is 71.1 Å². The molecule has 1 heterocycles. The van der Waals surface area contributed by atoms with E-state index >= 15 is 0 Å². The van der Waals surface area contributed by atoms with E-state index in [1.165, 1.54) is 0 Å². The van der Waals surface area contributed by atoms with Crippen LogP contribution in [0.4, 0.5) is 5.69 Å². The quantitative estimate of drug-likeness (QED) is 0.474. The predicted octanol–water partition coefficient (Wildman–Crippen LogP) is 5.52. The Balaban J connectivity index is 1.34. The number of nitrogens with zero attached hydrogens (tertiary/aromatic N) is 1. The summed E-state index contributed by atoms with van der Waals surface area (Å²) in [4.78, 5) is 16.7. The van der Waals surface area contributed by atoms with Crippen LogP contribution in [0.25, 0.3) is 22.6 Å². The van der Waals surface area contributed by atoms with Gasteiger partial charge in [0.05, 0.1) is 13.0 Å². The van der Waals surface area contributed by atoms with Gasteiger partial charge in [-0.25, -0.2) is 4.98 Å². The molecule has 1 amide bonds. The summed E-state index contributed by atoms with van der Waals surface area (Å²) in [5.41, 5.74) is 5.45. The number of oxazole rings is 1. The zero-order chi connectivity index (χ0) is 20.2. The van der Waals surface area contributed by atoms with Crippen molar-refractivity contribution in [1.82, 2.24) is 4.98 Å². The monoisotopic (exact) mass is 386 g/mol. The van der Waals surface area contributed by atoms with E-state index in [9.17, 15) is 4.79 Å². The van der Waals surface area contributed by atoms with Crippen LogP contribution in [0, 0.1) is 13.8 Å². The van der Waals surface area contributed by atoms with Gasteiger partial charge in [0.25, 0.3) is 0 Å². The Morgan fingerprint density at radius 3 is 2.59 bits per heavy atom. The van der Waals surface area contributed by atoms with E-state index in [0.29, 0.717) is 12.5 Å².